The van der Waals surface area contributed by atoms with Crippen LogP contribution in [0.25, 0.3) is 5.69 Å². The average molecular weight is 289 g/mol. The van der Waals surface area contributed by atoms with Gasteiger partial charge in [-0.3, -0.25) is 4.57 Å². The third-order valence-corrected chi connectivity index (χ3v) is 3.30. The van der Waals surface area contributed by atoms with Gasteiger partial charge in [0.1, 0.15) is 6.33 Å². The normalized spacial score (nSPS) is 12.0. The fourth-order valence-corrected chi connectivity index (χ4v) is 1.79. The van der Waals surface area contributed by atoms with Gasteiger partial charge >= 0.3 is 6.03 Å². The van der Waals surface area contributed by atoms with Gasteiger partial charge in [0, 0.05) is 12.7 Å². The Labute approximate surface area is 123 Å². The minimum atomic E-state index is -0.265. The van der Waals surface area contributed by atoms with E-state index in [-0.39, 0.29) is 25.2 Å². The lowest BCUT2D eigenvalue weighted by Gasteiger charge is -2.23. The summed E-state index contributed by atoms with van der Waals surface area (Å²) in [4.78, 5) is 13.4. The first kappa shape index (κ1) is 15.0. The monoisotopic (exact) mass is 289 g/mol. The van der Waals surface area contributed by atoms with Crippen LogP contribution in [0.2, 0.25) is 0 Å². The molecule has 1 atom stereocenters. The van der Waals surface area contributed by atoms with Gasteiger partial charge in [-0.05, 0) is 19.1 Å². The summed E-state index contributed by atoms with van der Waals surface area (Å²) < 4.78 is 1.82. The molecule has 0 spiro atoms. The lowest BCUT2D eigenvalue weighted by atomic mass is 10.3. The number of aromatic nitrogens is 3. The summed E-state index contributed by atoms with van der Waals surface area (Å²) >= 11 is 0. The van der Waals surface area contributed by atoms with Crippen LogP contribution in [0, 0.1) is 0 Å². The maximum Gasteiger partial charge on any atom is 0.317 e. The fourth-order valence-electron chi connectivity index (χ4n) is 1.79. The van der Waals surface area contributed by atoms with Crippen LogP contribution in [0.4, 0.5) is 4.79 Å². The van der Waals surface area contributed by atoms with Crippen LogP contribution in [0.1, 0.15) is 12.7 Å². The van der Waals surface area contributed by atoms with Crippen molar-refractivity contribution in [2.75, 3.05) is 13.7 Å². The SMILES string of the molecule is CC(CO)N(C)C(=O)NCc1nncn1-c1ccccc1. The molecule has 2 amide bonds. The molecule has 1 heterocycles. The number of aliphatic hydroxyl groups is 1. The number of para-hydroxylation sites is 1. The lowest BCUT2D eigenvalue weighted by Crippen LogP contribution is -2.43. The third kappa shape index (κ3) is 3.57. The molecule has 0 aliphatic carbocycles. The summed E-state index contributed by atoms with van der Waals surface area (Å²) in [6.45, 7) is 1.95. The highest BCUT2D eigenvalue weighted by molar-refractivity contribution is 5.74. The molecule has 0 bridgehead atoms. The zero-order valence-electron chi connectivity index (χ0n) is 12.1. The molecule has 0 saturated heterocycles. The van der Waals surface area contributed by atoms with Crippen molar-refractivity contribution < 1.29 is 9.90 Å². The Morgan fingerprint density at radius 2 is 2.14 bits per heavy atom. The highest BCUT2D eigenvalue weighted by atomic mass is 16.3. The van der Waals surface area contributed by atoms with E-state index in [9.17, 15) is 4.79 Å². The maximum atomic E-state index is 11.9. The summed E-state index contributed by atoms with van der Waals surface area (Å²) in [6, 6.07) is 9.16. The van der Waals surface area contributed by atoms with E-state index in [1.807, 2.05) is 34.9 Å². The standard InChI is InChI=1S/C14H19N5O2/c1-11(9-20)18(2)14(21)15-8-13-17-16-10-19(13)12-6-4-3-5-7-12/h3-7,10-11,20H,8-9H2,1-2H3,(H,15,21). The molecule has 0 radical (unpaired) electrons. The van der Waals surface area contributed by atoms with Gasteiger partial charge < -0.3 is 15.3 Å². The number of rotatable bonds is 5. The molecule has 1 aromatic carbocycles. The number of likely N-dealkylation sites (N-methyl/N-ethyl adjacent to an activating group) is 1. The van der Waals surface area contributed by atoms with Crippen LogP contribution in [0.15, 0.2) is 36.7 Å². The van der Waals surface area contributed by atoms with Gasteiger partial charge in [-0.25, -0.2) is 4.79 Å². The Bertz CT molecular complexity index is 584. The number of hydrogen-bond donors (Lipinski definition) is 2. The zero-order chi connectivity index (χ0) is 15.2. The van der Waals surface area contributed by atoms with Crippen LogP contribution >= 0.6 is 0 Å². The van der Waals surface area contributed by atoms with Gasteiger partial charge in [0.2, 0.25) is 0 Å². The molecule has 0 fully saturated rings. The Morgan fingerprint density at radius 3 is 2.81 bits per heavy atom. The molecule has 2 aromatic rings. The third-order valence-electron chi connectivity index (χ3n) is 3.30. The van der Waals surface area contributed by atoms with E-state index in [0.717, 1.165) is 5.69 Å². The van der Waals surface area contributed by atoms with Gasteiger partial charge in [-0.2, -0.15) is 0 Å². The van der Waals surface area contributed by atoms with E-state index in [1.165, 1.54) is 4.90 Å². The topological polar surface area (TPSA) is 83.3 Å². The van der Waals surface area contributed by atoms with Gasteiger partial charge in [0.25, 0.3) is 0 Å². The van der Waals surface area contributed by atoms with Crippen LogP contribution in [0.5, 0.6) is 0 Å². The van der Waals surface area contributed by atoms with Gasteiger partial charge in [0.15, 0.2) is 5.82 Å². The second-order valence-electron chi connectivity index (χ2n) is 4.75. The first-order valence-corrected chi connectivity index (χ1v) is 6.69. The highest BCUT2D eigenvalue weighted by Gasteiger charge is 2.15. The number of benzene rings is 1. The summed E-state index contributed by atoms with van der Waals surface area (Å²) in [5, 5.41) is 19.7. The number of nitrogens with one attached hydrogen (secondary N) is 1. The second-order valence-corrected chi connectivity index (χ2v) is 4.75. The zero-order valence-corrected chi connectivity index (χ0v) is 12.1. The second kappa shape index (κ2) is 6.85. The molecule has 1 aromatic heterocycles. The molecular formula is C14H19N5O2. The van der Waals surface area contributed by atoms with E-state index in [0.29, 0.717) is 5.82 Å². The van der Waals surface area contributed by atoms with Crippen molar-refractivity contribution in [3.8, 4) is 5.69 Å². The minimum Gasteiger partial charge on any atom is -0.394 e. The summed E-state index contributed by atoms with van der Waals surface area (Å²) in [5.41, 5.74) is 0.934. The summed E-state index contributed by atoms with van der Waals surface area (Å²) in [7, 11) is 1.64. The minimum absolute atomic E-state index is 0.0792. The first-order chi connectivity index (χ1) is 10.1. The number of nitrogens with zero attached hydrogens (tertiary/aromatic N) is 4. The smallest absolute Gasteiger partial charge is 0.317 e. The number of aliphatic hydroxyl groups excluding tert-OH is 1. The van der Waals surface area contributed by atoms with E-state index in [4.69, 9.17) is 5.11 Å². The maximum absolute atomic E-state index is 11.9. The van der Waals surface area contributed by atoms with E-state index in [1.54, 1.807) is 20.3 Å². The highest BCUT2D eigenvalue weighted by Crippen LogP contribution is 2.08. The molecular weight excluding hydrogens is 270 g/mol. The molecule has 2 rings (SSSR count). The summed E-state index contributed by atoms with van der Waals surface area (Å²) in [6.07, 6.45) is 1.61. The van der Waals surface area contributed by atoms with Crippen molar-refractivity contribution in [3.63, 3.8) is 0 Å². The molecule has 1 unspecified atom stereocenters. The molecule has 2 N–H and O–H groups in total. The largest absolute Gasteiger partial charge is 0.394 e. The number of carbonyl (C=O) groups excluding carboxylic acids is 1. The van der Waals surface area contributed by atoms with E-state index in [2.05, 4.69) is 15.5 Å². The van der Waals surface area contributed by atoms with E-state index >= 15 is 0 Å². The molecule has 21 heavy (non-hydrogen) atoms. The van der Waals surface area contributed by atoms with Crippen LogP contribution < -0.4 is 5.32 Å². The van der Waals surface area contributed by atoms with Crippen molar-refractivity contribution in [1.82, 2.24) is 25.0 Å². The molecule has 0 aliphatic heterocycles. The van der Waals surface area contributed by atoms with Crippen molar-refractivity contribution in [2.24, 2.45) is 0 Å². The predicted molar refractivity (Wildman–Crippen MR) is 77.9 cm³/mol. The van der Waals surface area contributed by atoms with Crippen LogP contribution in [0.3, 0.4) is 0 Å². The van der Waals surface area contributed by atoms with Gasteiger partial charge in [-0.15, -0.1) is 10.2 Å². The molecule has 0 saturated carbocycles. The molecule has 0 aliphatic rings. The predicted octanol–water partition coefficient (Wildman–Crippen LogP) is 0.789. The van der Waals surface area contributed by atoms with E-state index < -0.39 is 0 Å². The van der Waals surface area contributed by atoms with Crippen molar-refractivity contribution in [2.45, 2.75) is 19.5 Å². The van der Waals surface area contributed by atoms with Crippen molar-refractivity contribution >= 4 is 6.03 Å². The average Bonchev–Trinajstić information content (AvgIpc) is 3.00. The molecule has 112 valence electrons. The number of hydrogen-bond acceptors (Lipinski definition) is 4. The number of urea groups is 1. The first-order valence-electron chi connectivity index (χ1n) is 6.69. The molecule has 7 nitrogen and oxygen atoms in total. The number of carbonyl (C=O) groups is 1. The Balaban J connectivity index is 2.02. The Kier molecular flexibility index (Phi) is 4.89. The van der Waals surface area contributed by atoms with Crippen molar-refractivity contribution in [1.29, 1.82) is 0 Å². The van der Waals surface area contributed by atoms with Crippen LogP contribution in [-0.2, 0) is 6.54 Å². The van der Waals surface area contributed by atoms with Crippen molar-refractivity contribution in [3.05, 3.63) is 42.5 Å². The summed E-state index contributed by atoms with van der Waals surface area (Å²) in [5.74, 6) is 0.639. The Morgan fingerprint density at radius 1 is 1.43 bits per heavy atom. The van der Waals surface area contributed by atoms with Crippen LogP contribution in [-0.4, -0.2) is 50.5 Å². The fraction of sp³-hybridized carbons (Fsp3) is 0.357. The van der Waals surface area contributed by atoms with Gasteiger partial charge in [0.05, 0.1) is 19.2 Å². The lowest BCUT2D eigenvalue weighted by molar-refractivity contribution is 0.157. The van der Waals surface area contributed by atoms with Gasteiger partial charge in [-0.1, -0.05) is 18.2 Å². The molecule has 7 heteroatoms. The quantitative estimate of drug-likeness (QED) is 0.852. The number of amides is 2. The Hall–Kier alpha value is -2.41.